The van der Waals surface area contributed by atoms with Gasteiger partial charge in [-0.1, -0.05) is 24.3 Å². The number of carbonyl (C=O) groups is 1. The molecule has 0 fully saturated rings. The fraction of sp³-hybridized carbons (Fsp3) is 0.111. The van der Waals surface area contributed by atoms with E-state index in [0.717, 1.165) is 5.56 Å². The lowest BCUT2D eigenvalue weighted by molar-refractivity contribution is 0.0759. The molecule has 0 aromatic heterocycles. The Morgan fingerprint density at radius 1 is 1.22 bits per heavy atom. The van der Waals surface area contributed by atoms with E-state index in [-0.39, 0.29) is 17.9 Å². The van der Waals surface area contributed by atoms with Gasteiger partial charge in [0.15, 0.2) is 11.5 Å². The largest absolute Gasteiger partial charge is 0.504 e. The average molecular weight is 308 g/mol. The summed E-state index contributed by atoms with van der Waals surface area (Å²) < 4.78 is 0. The number of aromatic hydroxyl groups is 2. The first kappa shape index (κ1) is 16.1. The van der Waals surface area contributed by atoms with Crippen molar-refractivity contribution in [1.82, 2.24) is 4.90 Å². The lowest BCUT2D eigenvalue weighted by atomic mass is 10.1. The van der Waals surface area contributed by atoms with E-state index in [1.807, 2.05) is 6.07 Å². The Kier molecular flexibility index (Phi) is 5.00. The second kappa shape index (κ2) is 7.14. The van der Waals surface area contributed by atoms with Gasteiger partial charge in [-0.15, -0.1) is 6.58 Å². The van der Waals surface area contributed by atoms with E-state index in [1.54, 1.807) is 30.3 Å². The third kappa shape index (κ3) is 3.69. The molecule has 0 atom stereocenters. The van der Waals surface area contributed by atoms with E-state index in [1.165, 1.54) is 23.1 Å². The van der Waals surface area contributed by atoms with Gasteiger partial charge in [-0.3, -0.25) is 4.79 Å². The van der Waals surface area contributed by atoms with Gasteiger partial charge in [0.05, 0.1) is 17.2 Å². The number of para-hydroxylation sites is 1. The fourth-order valence-corrected chi connectivity index (χ4v) is 2.15. The second-order valence-electron chi connectivity index (χ2n) is 4.96. The average Bonchev–Trinajstić information content (AvgIpc) is 2.57. The molecule has 116 valence electrons. The van der Waals surface area contributed by atoms with E-state index >= 15 is 0 Å². The van der Waals surface area contributed by atoms with Crippen molar-refractivity contribution in [2.24, 2.45) is 0 Å². The molecular weight excluding hydrogens is 292 g/mol. The molecule has 5 heteroatoms. The topological polar surface area (TPSA) is 84.6 Å². The Balaban J connectivity index is 2.26. The van der Waals surface area contributed by atoms with Crippen molar-refractivity contribution in [3.8, 4) is 17.6 Å². The van der Waals surface area contributed by atoms with Crippen LogP contribution in [0.25, 0.3) is 0 Å². The molecule has 5 nitrogen and oxygen atoms in total. The standard InChI is InChI=1S/C18H16N2O3/c1-2-10-20(12-14-8-6-13(11-19)7-9-14)18(23)15-4-3-5-16(21)17(15)22/h2-9,21-22H,1,10,12H2. The molecule has 2 rings (SSSR count). The van der Waals surface area contributed by atoms with Crippen molar-refractivity contribution < 1.29 is 15.0 Å². The molecule has 1 amide bonds. The third-order valence-corrected chi connectivity index (χ3v) is 3.34. The van der Waals surface area contributed by atoms with Gasteiger partial charge >= 0.3 is 0 Å². The SMILES string of the molecule is C=CCN(Cc1ccc(C#N)cc1)C(=O)c1cccc(O)c1O. The van der Waals surface area contributed by atoms with Crippen molar-refractivity contribution in [2.45, 2.75) is 6.54 Å². The highest BCUT2D eigenvalue weighted by Gasteiger charge is 2.20. The minimum absolute atomic E-state index is 0.0282. The van der Waals surface area contributed by atoms with Crippen LogP contribution in [0.15, 0.2) is 55.1 Å². The van der Waals surface area contributed by atoms with Gasteiger partial charge in [0.25, 0.3) is 5.91 Å². The smallest absolute Gasteiger partial charge is 0.258 e. The number of amides is 1. The summed E-state index contributed by atoms with van der Waals surface area (Å²) >= 11 is 0. The number of phenols is 2. The Labute approximate surface area is 134 Å². The zero-order valence-electron chi connectivity index (χ0n) is 12.4. The van der Waals surface area contributed by atoms with Crippen molar-refractivity contribution >= 4 is 5.91 Å². The van der Waals surface area contributed by atoms with Crippen LogP contribution >= 0.6 is 0 Å². The monoisotopic (exact) mass is 308 g/mol. The molecule has 2 N–H and O–H groups in total. The van der Waals surface area contributed by atoms with Gasteiger partial charge in [0, 0.05) is 13.1 Å². The van der Waals surface area contributed by atoms with Crippen LogP contribution in [-0.4, -0.2) is 27.6 Å². The first-order chi connectivity index (χ1) is 11.1. The van der Waals surface area contributed by atoms with Crippen LogP contribution < -0.4 is 0 Å². The quantitative estimate of drug-likeness (QED) is 0.657. The number of benzene rings is 2. The maximum Gasteiger partial charge on any atom is 0.258 e. The van der Waals surface area contributed by atoms with Crippen LogP contribution in [0.2, 0.25) is 0 Å². The van der Waals surface area contributed by atoms with Gasteiger partial charge in [-0.05, 0) is 29.8 Å². The number of nitriles is 1. The second-order valence-corrected chi connectivity index (χ2v) is 4.96. The maximum absolute atomic E-state index is 12.6. The number of rotatable bonds is 5. The normalized spacial score (nSPS) is 9.87. The van der Waals surface area contributed by atoms with Crippen LogP contribution in [0.5, 0.6) is 11.5 Å². The van der Waals surface area contributed by atoms with Gasteiger partial charge in [0.2, 0.25) is 0 Å². The first-order valence-corrected chi connectivity index (χ1v) is 6.97. The van der Waals surface area contributed by atoms with Crippen LogP contribution in [0.4, 0.5) is 0 Å². The van der Waals surface area contributed by atoms with E-state index in [4.69, 9.17) is 5.26 Å². The minimum atomic E-state index is -0.439. The van der Waals surface area contributed by atoms with Gasteiger partial charge in [-0.2, -0.15) is 5.26 Å². The van der Waals surface area contributed by atoms with Crippen molar-refractivity contribution in [1.29, 1.82) is 5.26 Å². The first-order valence-electron chi connectivity index (χ1n) is 6.97. The summed E-state index contributed by atoms with van der Waals surface area (Å²) in [5, 5.41) is 28.2. The number of nitrogens with zero attached hydrogens (tertiary/aromatic N) is 2. The minimum Gasteiger partial charge on any atom is -0.504 e. The molecule has 23 heavy (non-hydrogen) atoms. The molecule has 0 heterocycles. The summed E-state index contributed by atoms with van der Waals surface area (Å²) in [7, 11) is 0. The summed E-state index contributed by atoms with van der Waals surface area (Å²) in [4.78, 5) is 14.1. The number of phenolic OH excluding ortho intramolecular Hbond substituents is 2. The molecule has 0 spiro atoms. The highest BCUT2D eigenvalue weighted by atomic mass is 16.3. The van der Waals surface area contributed by atoms with Crippen molar-refractivity contribution in [2.75, 3.05) is 6.54 Å². The summed E-state index contributed by atoms with van der Waals surface area (Å²) in [6.45, 7) is 4.22. The number of hydrogen-bond acceptors (Lipinski definition) is 4. The van der Waals surface area contributed by atoms with Crippen LogP contribution in [-0.2, 0) is 6.54 Å². The van der Waals surface area contributed by atoms with Crippen molar-refractivity contribution in [3.63, 3.8) is 0 Å². The Morgan fingerprint density at radius 3 is 2.52 bits per heavy atom. The van der Waals surface area contributed by atoms with E-state index < -0.39 is 11.7 Å². The molecule has 0 bridgehead atoms. The zero-order valence-corrected chi connectivity index (χ0v) is 12.4. The molecule has 0 aliphatic rings. The van der Waals surface area contributed by atoms with Gasteiger partial charge in [-0.25, -0.2) is 0 Å². The number of hydrogen-bond donors (Lipinski definition) is 2. The predicted octanol–water partition coefficient (Wildman–Crippen LogP) is 2.80. The van der Waals surface area contributed by atoms with Crippen LogP contribution in [0.3, 0.4) is 0 Å². The Bertz CT molecular complexity index is 761. The molecular formula is C18H16N2O3. The summed E-state index contributed by atoms with van der Waals surface area (Å²) in [5.41, 5.74) is 1.42. The van der Waals surface area contributed by atoms with E-state index in [9.17, 15) is 15.0 Å². The molecule has 0 saturated carbocycles. The third-order valence-electron chi connectivity index (χ3n) is 3.34. The number of carbonyl (C=O) groups excluding carboxylic acids is 1. The Morgan fingerprint density at radius 2 is 1.91 bits per heavy atom. The Hall–Kier alpha value is -3.26. The molecule has 0 unspecified atom stereocenters. The summed E-state index contributed by atoms with van der Waals surface area (Å²) in [6.07, 6.45) is 1.58. The van der Waals surface area contributed by atoms with Crippen LogP contribution in [0.1, 0.15) is 21.5 Å². The van der Waals surface area contributed by atoms with Crippen molar-refractivity contribution in [3.05, 3.63) is 71.8 Å². The van der Waals surface area contributed by atoms with Crippen LogP contribution in [0, 0.1) is 11.3 Å². The molecule has 0 aliphatic carbocycles. The molecule has 0 aliphatic heterocycles. The summed E-state index contributed by atoms with van der Waals surface area (Å²) in [6, 6.07) is 13.2. The highest BCUT2D eigenvalue weighted by Crippen LogP contribution is 2.29. The van der Waals surface area contributed by atoms with Gasteiger partial charge in [0.1, 0.15) is 0 Å². The fourth-order valence-electron chi connectivity index (χ4n) is 2.15. The highest BCUT2D eigenvalue weighted by molar-refractivity contribution is 5.97. The lowest BCUT2D eigenvalue weighted by Crippen LogP contribution is -2.30. The lowest BCUT2D eigenvalue weighted by Gasteiger charge is -2.22. The van der Waals surface area contributed by atoms with E-state index in [2.05, 4.69) is 6.58 Å². The van der Waals surface area contributed by atoms with Gasteiger partial charge < -0.3 is 15.1 Å². The van der Waals surface area contributed by atoms with E-state index in [0.29, 0.717) is 12.1 Å². The summed E-state index contributed by atoms with van der Waals surface area (Å²) in [5.74, 6) is -1.19. The molecule has 2 aromatic carbocycles. The molecule has 2 aromatic rings. The zero-order chi connectivity index (χ0) is 16.8. The maximum atomic E-state index is 12.6. The predicted molar refractivity (Wildman–Crippen MR) is 85.9 cm³/mol. The molecule has 0 saturated heterocycles. The molecule has 0 radical (unpaired) electrons.